The summed E-state index contributed by atoms with van der Waals surface area (Å²) in [4.78, 5) is 17.1. The summed E-state index contributed by atoms with van der Waals surface area (Å²) < 4.78 is 16.1. The van der Waals surface area contributed by atoms with Crippen LogP contribution in [-0.2, 0) is 0 Å². The summed E-state index contributed by atoms with van der Waals surface area (Å²) in [6, 6.07) is 5.51. The highest BCUT2D eigenvalue weighted by Crippen LogP contribution is 2.32. The maximum atomic E-state index is 5.67. The number of hydrogen-bond acceptors (Lipinski definition) is 8. The molecular formula is C16H17N5O3. The molecule has 0 spiro atoms. The van der Waals surface area contributed by atoms with Crippen molar-refractivity contribution in [3.63, 3.8) is 0 Å². The second kappa shape index (κ2) is 6.53. The molecule has 0 atom stereocenters. The van der Waals surface area contributed by atoms with E-state index in [0.717, 1.165) is 5.56 Å². The molecule has 0 saturated heterocycles. The van der Waals surface area contributed by atoms with Crippen LogP contribution in [-0.4, -0.2) is 40.8 Å². The highest BCUT2D eigenvalue weighted by Gasteiger charge is 2.13. The second-order valence-electron chi connectivity index (χ2n) is 4.82. The van der Waals surface area contributed by atoms with Gasteiger partial charge in [0.25, 0.3) is 0 Å². The van der Waals surface area contributed by atoms with Crippen molar-refractivity contribution in [1.29, 1.82) is 0 Å². The molecule has 0 aliphatic rings. The Labute approximate surface area is 138 Å². The van der Waals surface area contributed by atoms with Crippen molar-refractivity contribution in [2.24, 2.45) is 0 Å². The molecule has 0 radical (unpaired) electrons. The van der Waals surface area contributed by atoms with E-state index < -0.39 is 0 Å². The third kappa shape index (κ3) is 2.85. The number of benzene rings is 1. The molecule has 3 rings (SSSR count). The molecule has 0 saturated carbocycles. The van der Waals surface area contributed by atoms with Crippen LogP contribution in [0.3, 0.4) is 0 Å². The van der Waals surface area contributed by atoms with Gasteiger partial charge in [-0.1, -0.05) is 0 Å². The average molecular weight is 327 g/mol. The van der Waals surface area contributed by atoms with E-state index in [1.165, 1.54) is 0 Å². The molecule has 2 aromatic heterocycles. The van der Waals surface area contributed by atoms with Crippen molar-refractivity contribution in [3.8, 4) is 28.6 Å². The first-order chi connectivity index (χ1) is 11.7. The third-order valence-electron chi connectivity index (χ3n) is 3.35. The van der Waals surface area contributed by atoms with Gasteiger partial charge in [-0.15, -0.1) is 0 Å². The summed E-state index contributed by atoms with van der Waals surface area (Å²) >= 11 is 0. The van der Waals surface area contributed by atoms with Gasteiger partial charge < -0.3 is 19.9 Å². The zero-order valence-electron chi connectivity index (χ0n) is 13.6. The van der Waals surface area contributed by atoms with E-state index in [1.54, 1.807) is 20.4 Å². The Morgan fingerprint density at radius 3 is 2.54 bits per heavy atom. The van der Waals surface area contributed by atoms with Crippen molar-refractivity contribution < 1.29 is 14.2 Å². The molecule has 8 heteroatoms. The molecule has 0 amide bonds. The Morgan fingerprint density at radius 1 is 1.04 bits per heavy atom. The van der Waals surface area contributed by atoms with Gasteiger partial charge >= 0.3 is 0 Å². The van der Waals surface area contributed by atoms with E-state index in [2.05, 4.69) is 19.9 Å². The molecule has 3 aromatic rings. The molecule has 8 nitrogen and oxygen atoms in total. The van der Waals surface area contributed by atoms with E-state index in [4.69, 9.17) is 19.9 Å². The predicted molar refractivity (Wildman–Crippen MR) is 89.2 cm³/mol. The fraction of sp³-hybridized carbons (Fsp3) is 0.250. The zero-order valence-corrected chi connectivity index (χ0v) is 13.6. The number of nitrogen functional groups attached to an aromatic ring is 1. The summed E-state index contributed by atoms with van der Waals surface area (Å²) in [5, 5.41) is 0. The Morgan fingerprint density at radius 2 is 1.83 bits per heavy atom. The number of anilines is 1. The molecule has 2 heterocycles. The first-order valence-electron chi connectivity index (χ1n) is 7.31. The molecule has 0 unspecified atom stereocenters. The summed E-state index contributed by atoms with van der Waals surface area (Å²) in [7, 11) is 3.17. The second-order valence-corrected chi connectivity index (χ2v) is 4.82. The summed E-state index contributed by atoms with van der Waals surface area (Å²) in [6.45, 7) is 2.30. The Hall–Kier alpha value is -3.16. The topological polar surface area (TPSA) is 105 Å². The highest BCUT2D eigenvalue weighted by molar-refractivity contribution is 5.79. The zero-order chi connectivity index (χ0) is 17.1. The van der Waals surface area contributed by atoms with Gasteiger partial charge in [0.2, 0.25) is 11.8 Å². The Kier molecular flexibility index (Phi) is 4.28. The first-order valence-corrected chi connectivity index (χ1v) is 7.31. The van der Waals surface area contributed by atoms with Gasteiger partial charge in [0.1, 0.15) is 0 Å². The number of nitrogens with zero attached hydrogens (tertiary/aromatic N) is 4. The van der Waals surface area contributed by atoms with E-state index in [-0.39, 0.29) is 5.95 Å². The lowest BCUT2D eigenvalue weighted by Gasteiger charge is -2.10. The fourth-order valence-corrected chi connectivity index (χ4v) is 2.27. The van der Waals surface area contributed by atoms with Gasteiger partial charge in [-0.3, -0.25) is 0 Å². The Bertz CT molecular complexity index is 885. The van der Waals surface area contributed by atoms with Crippen LogP contribution >= 0.6 is 0 Å². The molecular weight excluding hydrogens is 310 g/mol. The van der Waals surface area contributed by atoms with Crippen molar-refractivity contribution in [3.05, 3.63) is 24.4 Å². The van der Waals surface area contributed by atoms with Crippen LogP contribution in [0.25, 0.3) is 22.4 Å². The SMILES string of the molecule is CCOc1nc(N)nc2ncc(-c3ccc(OC)c(OC)c3)nc12. The normalized spacial score (nSPS) is 10.6. The van der Waals surface area contributed by atoms with Gasteiger partial charge in [-0.05, 0) is 25.1 Å². The van der Waals surface area contributed by atoms with Crippen molar-refractivity contribution in [1.82, 2.24) is 19.9 Å². The molecule has 0 bridgehead atoms. The van der Waals surface area contributed by atoms with E-state index in [0.29, 0.717) is 40.8 Å². The van der Waals surface area contributed by atoms with E-state index in [1.807, 2.05) is 25.1 Å². The smallest absolute Gasteiger partial charge is 0.247 e. The minimum absolute atomic E-state index is 0.0964. The molecule has 1 aromatic carbocycles. The van der Waals surface area contributed by atoms with Gasteiger partial charge in [-0.25, -0.2) is 9.97 Å². The van der Waals surface area contributed by atoms with Gasteiger partial charge in [0.05, 0.1) is 32.7 Å². The lowest BCUT2D eigenvalue weighted by Crippen LogP contribution is -2.04. The quantitative estimate of drug-likeness (QED) is 0.759. The van der Waals surface area contributed by atoms with Crippen LogP contribution in [0.2, 0.25) is 0 Å². The minimum atomic E-state index is 0.0964. The molecule has 0 aliphatic heterocycles. The largest absolute Gasteiger partial charge is 0.493 e. The van der Waals surface area contributed by atoms with Crippen molar-refractivity contribution >= 4 is 17.1 Å². The lowest BCUT2D eigenvalue weighted by molar-refractivity contribution is 0.330. The summed E-state index contributed by atoms with van der Waals surface area (Å²) in [5.74, 6) is 1.66. The van der Waals surface area contributed by atoms with Crippen LogP contribution in [0.15, 0.2) is 24.4 Å². The molecule has 0 fully saturated rings. The number of hydrogen-bond donors (Lipinski definition) is 1. The first kappa shape index (κ1) is 15.7. The highest BCUT2D eigenvalue weighted by atomic mass is 16.5. The average Bonchev–Trinajstić information content (AvgIpc) is 2.61. The number of aromatic nitrogens is 4. The number of ether oxygens (including phenoxy) is 3. The molecule has 0 aliphatic carbocycles. The maximum absolute atomic E-state index is 5.67. The number of rotatable bonds is 5. The maximum Gasteiger partial charge on any atom is 0.247 e. The monoisotopic (exact) mass is 327 g/mol. The van der Waals surface area contributed by atoms with Gasteiger partial charge in [-0.2, -0.15) is 9.97 Å². The molecule has 24 heavy (non-hydrogen) atoms. The summed E-state index contributed by atoms with van der Waals surface area (Å²) in [6.07, 6.45) is 1.62. The third-order valence-corrected chi connectivity index (χ3v) is 3.35. The fourth-order valence-electron chi connectivity index (χ4n) is 2.27. The standard InChI is InChI=1S/C16H17N5O3/c1-4-24-15-13-14(20-16(17)21-15)18-8-10(19-13)9-5-6-11(22-2)12(7-9)23-3/h5-8H,4H2,1-3H3,(H2,17,18,20,21). The van der Waals surface area contributed by atoms with Crippen molar-refractivity contribution in [2.45, 2.75) is 6.92 Å². The van der Waals surface area contributed by atoms with Crippen LogP contribution in [0.4, 0.5) is 5.95 Å². The Balaban J connectivity index is 2.13. The van der Waals surface area contributed by atoms with Crippen LogP contribution in [0, 0.1) is 0 Å². The molecule has 124 valence electrons. The van der Waals surface area contributed by atoms with Gasteiger partial charge in [0.15, 0.2) is 22.7 Å². The number of nitrogens with two attached hydrogens (primary N) is 1. The minimum Gasteiger partial charge on any atom is -0.493 e. The van der Waals surface area contributed by atoms with Crippen LogP contribution < -0.4 is 19.9 Å². The number of fused-ring (bicyclic) bond motifs is 1. The van der Waals surface area contributed by atoms with E-state index in [9.17, 15) is 0 Å². The van der Waals surface area contributed by atoms with E-state index >= 15 is 0 Å². The van der Waals surface area contributed by atoms with Crippen molar-refractivity contribution in [2.75, 3.05) is 26.6 Å². The van der Waals surface area contributed by atoms with Crippen LogP contribution in [0.1, 0.15) is 6.92 Å². The molecule has 2 N–H and O–H groups in total. The lowest BCUT2D eigenvalue weighted by atomic mass is 10.1. The van der Waals surface area contributed by atoms with Crippen LogP contribution in [0.5, 0.6) is 17.4 Å². The number of methoxy groups -OCH3 is 2. The summed E-state index contributed by atoms with van der Waals surface area (Å²) in [5.41, 5.74) is 7.97. The predicted octanol–water partition coefficient (Wildman–Crippen LogP) is 2.08. The van der Waals surface area contributed by atoms with Gasteiger partial charge in [0, 0.05) is 5.56 Å².